The molecule has 1 atom stereocenters. The van der Waals surface area contributed by atoms with Crippen LogP contribution in [0.5, 0.6) is 0 Å². The molecule has 0 aliphatic carbocycles. The Kier molecular flexibility index (Phi) is 3.94. The molecule has 0 bridgehead atoms. The Hall–Kier alpha value is -1.92. The largest absolute Gasteiger partial charge is 0.342 e. The van der Waals surface area contributed by atoms with Crippen LogP contribution in [0.25, 0.3) is 12.2 Å². The molecule has 1 unspecified atom stereocenters. The first-order chi connectivity index (χ1) is 9.83. The molecule has 104 valence electrons. The lowest BCUT2D eigenvalue weighted by Gasteiger charge is -2.11. The molecule has 0 radical (unpaired) electrons. The third kappa shape index (κ3) is 2.97. The van der Waals surface area contributed by atoms with Crippen molar-refractivity contribution >= 4 is 29.5 Å². The highest BCUT2D eigenvalue weighted by atomic mass is 32.1. The highest BCUT2D eigenvalue weighted by Crippen LogP contribution is 2.13. The zero-order valence-corrected chi connectivity index (χ0v) is 11.8. The minimum Gasteiger partial charge on any atom is -0.332 e. The molecule has 20 heavy (non-hydrogen) atoms. The van der Waals surface area contributed by atoms with Gasteiger partial charge in [-0.25, -0.2) is 4.79 Å². The molecule has 1 aliphatic rings. The van der Waals surface area contributed by atoms with Crippen LogP contribution in [0, 0.1) is 0 Å². The molecule has 1 fully saturated rings. The van der Waals surface area contributed by atoms with Crippen LogP contribution in [0.15, 0.2) is 29.8 Å². The predicted molar refractivity (Wildman–Crippen MR) is 80.7 cm³/mol. The number of nitrogens with zero attached hydrogens (tertiary/aromatic N) is 2. The number of aromatic nitrogens is 2. The third-order valence-corrected chi connectivity index (χ3v) is 4.05. The molecule has 2 aromatic rings. The molecule has 3 heterocycles. The van der Waals surface area contributed by atoms with Crippen LogP contribution >= 0.6 is 11.3 Å². The van der Waals surface area contributed by atoms with Gasteiger partial charge in [-0.15, -0.1) is 11.3 Å². The molecular weight excluding hydrogens is 272 g/mol. The smallest absolute Gasteiger partial charge is 0.332 e. The number of nitrogens with one attached hydrogen (secondary N) is 2. The van der Waals surface area contributed by atoms with Gasteiger partial charge in [0.2, 0.25) is 0 Å². The summed E-state index contributed by atoms with van der Waals surface area (Å²) >= 11 is 1.66. The Morgan fingerprint density at radius 3 is 3.20 bits per heavy atom. The lowest BCUT2D eigenvalue weighted by Crippen LogP contribution is -2.39. The highest BCUT2D eigenvalue weighted by Gasteiger charge is 2.18. The first kappa shape index (κ1) is 13.1. The minimum absolute atomic E-state index is 0.172. The lowest BCUT2D eigenvalue weighted by molar-refractivity contribution is 0.236. The van der Waals surface area contributed by atoms with E-state index in [-0.39, 0.29) is 12.1 Å². The van der Waals surface area contributed by atoms with Crippen LogP contribution in [-0.4, -0.2) is 34.9 Å². The van der Waals surface area contributed by atoms with Crippen molar-refractivity contribution < 1.29 is 4.79 Å². The predicted octanol–water partition coefficient (Wildman–Crippen LogP) is 2.03. The van der Waals surface area contributed by atoms with E-state index in [9.17, 15) is 4.79 Å². The fraction of sp³-hybridized carbons (Fsp3) is 0.286. The average Bonchev–Trinajstić information content (AvgIpc) is 3.18. The number of carbonyl (C=O) groups is 1. The fourth-order valence-electron chi connectivity index (χ4n) is 2.18. The Balaban J connectivity index is 1.70. The highest BCUT2D eigenvalue weighted by molar-refractivity contribution is 7.10. The van der Waals surface area contributed by atoms with E-state index in [4.69, 9.17) is 0 Å². The topological polar surface area (TPSA) is 59.0 Å². The van der Waals surface area contributed by atoms with Crippen LogP contribution in [0.2, 0.25) is 0 Å². The van der Waals surface area contributed by atoms with Crippen molar-refractivity contribution in [3.63, 3.8) is 0 Å². The molecule has 1 amide bonds. The molecule has 3 rings (SSSR count). The molecule has 2 N–H and O–H groups in total. The van der Waals surface area contributed by atoms with Crippen LogP contribution in [-0.2, 0) is 0 Å². The summed E-state index contributed by atoms with van der Waals surface area (Å²) in [6, 6.07) is 5.89. The number of hydrogen-bond donors (Lipinski definition) is 2. The molecule has 0 spiro atoms. The van der Waals surface area contributed by atoms with E-state index in [1.54, 1.807) is 17.5 Å². The zero-order valence-electron chi connectivity index (χ0n) is 11.0. The van der Waals surface area contributed by atoms with E-state index >= 15 is 0 Å². The summed E-state index contributed by atoms with van der Waals surface area (Å²) in [5.74, 6) is 0. The Morgan fingerprint density at radius 2 is 2.45 bits per heavy atom. The Bertz CT molecular complexity index is 596. The Labute approximate surface area is 121 Å². The van der Waals surface area contributed by atoms with Crippen LogP contribution in [0.3, 0.4) is 0 Å². The van der Waals surface area contributed by atoms with Gasteiger partial charge >= 0.3 is 6.03 Å². The molecule has 5 nitrogen and oxygen atoms in total. The molecule has 0 saturated carbocycles. The summed E-state index contributed by atoms with van der Waals surface area (Å²) in [7, 11) is 0. The van der Waals surface area contributed by atoms with Gasteiger partial charge in [0, 0.05) is 17.5 Å². The standard InChI is InChI=1S/C14H16N4OS/c19-14(17-11-5-7-15-10-11)18-12(6-8-16-18)3-4-13-2-1-9-20-13/h1-4,6,8-9,11,15H,5,7,10H2,(H,17,19)/b4-3+. The van der Waals surface area contributed by atoms with E-state index in [0.717, 1.165) is 30.1 Å². The summed E-state index contributed by atoms with van der Waals surface area (Å²) < 4.78 is 1.41. The van der Waals surface area contributed by atoms with E-state index < -0.39 is 0 Å². The average molecular weight is 288 g/mol. The van der Waals surface area contributed by atoms with E-state index in [0.29, 0.717) is 0 Å². The first-order valence-corrected chi connectivity index (χ1v) is 7.48. The summed E-state index contributed by atoms with van der Waals surface area (Å²) in [5.41, 5.74) is 0.779. The van der Waals surface area contributed by atoms with Crippen molar-refractivity contribution in [3.8, 4) is 0 Å². The SMILES string of the molecule is O=C(NC1CCNC1)n1nccc1/C=C/c1cccs1. The second-order valence-corrected chi connectivity index (χ2v) is 5.64. The second kappa shape index (κ2) is 6.02. The molecule has 6 heteroatoms. The maximum absolute atomic E-state index is 12.2. The third-order valence-electron chi connectivity index (χ3n) is 3.21. The number of carbonyl (C=O) groups excluding carboxylic acids is 1. The van der Waals surface area contributed by atoms with Gasteiger partial charge in [-0.05, 0) is 42.6 Å². The fourth-order valence-corrected chi connectivity index (χ4v) is 2.79. The molecule has 1 aliphatic heterocycles. The van der Waals surface area contributed by atoms with Crippen molar-refractivity contribution in [2.75, 3.05) is 13.1 Å². The van der Waals surface area contributed by atoms with Gasteiger partial charge in [0.1, 0.15) is 0 Å². The van der Waals surface area contributed by atoms with Gasteiger partial charge in [-0.3, -0.25) is 0 Å². The Morgan fingerprint density at radius 1 is 1.50 bits per heavy atom. The van der Waals surface area contributed by atoms with Gasteiger partial charge < -0.3 is 10.6 Å². The summed E-state index contributed by atoms with van der Waals surface area (Å²) in [5, 5.41) is 12.3. The van der Waals surface area contributed by atoms with Gasteiger partial charge in [0.05, 0.1) is 11.9 Å². The number of rotatable bonds is 3. The van der Waals surface area contributed by atoms with E-state index in [1.165, 1.54) is 4.68 Å². The van der Waals surface area contributed by atoms with Gasteiger partial charge in [0.15, 0.2) is 0 Å². The van der Waals surface area contributed by atoms with Crippen molar-refractivity contribution in [2.45, 2.75) is 12.5 Å². The molecule has 1 saturated heterocycles. The molecule has 2 aromatic heterocycles. The first-order valence-electron chi connectivity index (χ1n) is 6.60. The van der Waals surface area contributed by atoms with Crippen molar-refractivity contribution in [2.24, 2.45) is 0 Å². The van der Waals surface area contributed by atoms with Crippen molar-refractivity contribution in [1.29, 1.82) is 0 Å². The van der Waals surface area contributed by atoms with E-state index in [1.807, 2.05) is 35.7 Å². The second-order valence-electron chi connectivity index (χ2n) is 4.66. The normalized spacial score (nSPS) is 18.7. The number of thiophene rings is 1. The van der Waals surface area contributed by atoms with Gasteiger partial charge in [-0.2, -0.15) is 9.78 Å². The van der Waals surface area contributed by atoms with Crippen LogP contribution in [0.4, 0.5) is 4.79 Å². The van der Waals surface area contributed by atoms with Crippen LogP contribution in [0.1, 0.15) is 17.0 Å². The maximum Gasteiger partial charge on any atom is 0.342 e. The monoisotopic (exact) mass is 288 g/mol. The van der Waals surface area contributed by atoms with Crippen molar-refractivity contribution in [1.82, 2.24) is 20.4 Å². The summed E-state index contributed by atoms with van der Waals surface area (Å²) in [4.78, 5) is 13.3. The molecule has 0 aromatic carbocycles. The summed E-state index contributed by atoms with van der Waals surface area (Å²) in [6.07, 6.45) is 6.50. The van der Waals surface area contributed by atoms with Crippen LogP contribution < -0.4 is 10.6 Å². The quantitative estimate of drug-likeness (QED) is 0.908. The van der Waals surface area contributed by atoms with Crippen molar-refractivity contribution in [3.05, 3.63) is 40.3 Å². The zero-order chi connectivity index (χ0) is 13.8. The van der Waals surface area contributed by atoms with Gasteiger partial charge in [0.25, 0.3) is 0 Å². The molecular formula is C14H16N4OS. The van der Waals surface area contributed by atoms with E-state index in [2.05, 4.69) is 15.7 Å². The maximum atomic E-state index is 12.2. The summed E-state index contributed by atoms with van der Waals surface area (Å²) in [6.45, 7) is 1.78. The minimum atomic E-state index is -0.172. The number of amides is 1. The lowest BCUT2D eigenvalue weighted by atomic mass is 10.3. The number of hydrogen-bond acceptors (Lipinski definition) is 4. The van der Waals surface area contributed by atoms with Gasteiger partial charge in [-0.1, -0.05) is 6.07 Å².